The van der Waals surface area contributed by atoms with Crippen LogP contribution in [0.15, 0.2) is 106 Å². The quantitative estimate of drug-likeness (QED) is 0.154. The van der Waals surface area contributed by atoms with Crippen molar-refractivity contribution >= 4 is 29.8 Å². The average Bonchev–Trinajstić information content (AvgIpc) is 2.86. The Morgan fingerprint density at radius 3 is 1.28 bits per heavy atom. The summed E-state index contributed by atoms with van der Waals surface area (Å²) in [4.78, 5) is 4.08. The fourth-order valence-corrected chi connectivity index (χ4v) is 9.02. The first-order valence-electron chi connectivity index (χ1n) is 12.1. The van der Waals surface area contributed by atoms with Crippen molar-refractivity contribution in [2.45, 2.75) is 47.9 Å². The largest absolute Gasteiger partial charge is 0.748 e. The van der Waals surface area contributed by atoms with Gasteiger partial charge in [0.25, 0.3) is 0 Å². The van der Waals surface area contributed by atoms with Gasteiger partial charge in [-0.05, 0) is 63.6 Å². The minimum Gasteiger partial charge on any atom is -0.748 e. The van der Waals surface area contributed by atoms with E-state index in [-0.39, 0.29) is 17.3 Å². The third-order valence-electron chi connectivity index (χ3n) is 4.91. The second-order valence-electron chi connectivity index (χ2n) is 7.59. The molecule has 196 valence electrons. The van der Waals surface area contributed by atoms with Crippen molar-refractivity contribution in [3.8, 4) is 0 Å². The first-order valence-corrected chi connectivity index (χ1v) is 16.8. The van der Waals surface area contributed by atoms with Crippen LogP contribution in [0, 0.1) is 0 Å². The summed E-state index contributed by atoms with van der Waals surface area (Å²) in [7, 11) is -7.00. The van der Waals surface area contributed by atoms with Crippen molar-refractivity contribution in [1.29, 1.82) is 0 Å². The van der Waals surface area contributed by atoms with Crippen LogP contribution < -0.4 is 0 Å². The van der Waals surface area contributed by atoms with Gasteiger partial charge in [-0.3, -0.25) is 0 Å². The molecule has 0 unspecified atom stereocenters. The van der Waals surface area contributed by atoms with Crippen LogP contribution in [0.2, 0.25) is 6.04 Å². The molecule has 36 heavy (non-hydrogen) atoms. The lowest BCUT2D eigenvalue weighted by Crippen LogP contribution is -2.46. The lowest BCUT2D eigenvalue weighted by atomic mass is 10.4. The summed E-state index contributed by atoms with van der Waals surface area (Å²) in [5.74, 6) is -0.408. The Morgan fingerprint density at radius 1 is 0.667 bits per heavy atom. The van der Waals surface area contributed by atoms with Crippen molar-refractivity contribution in [3.63, 3.8) is 0 Å². The van der Waals surface area contributed by atoms with Crippen LogP contribution in [0.5, 0.6) is 0 Å². The molecule has 0 fully saturated rings. The van der Waals surface area contributed by atoms with E-state index in [0.29, 0.717) is 25.9 Å². The fraction of sp³-hybridized carbons (Fsp3) is 0.333. The van der Waals surface area contributed by atoms with Gasteiger partial charge < -0.3 is 17.8 Å². The van der Waals surface area contributed by atoms with Crippen LogP contribution >= 0.6 is 0 Å². The molecule has 0 saturated heterocycles. The van der Waals surface area contributed by atoms with Crippen molar-refractivity contribution in [1.82, 2.24) is 0 Å². The molecule has 0 aliphatic rings. The molecular formula is C27H36O6S2Si. The molecule has 0 saturated carbocycles. The van der Waals surface area contributed by atoms with Gasteiger partial charge in [-0.15, -0.1) is 0 Å². The van der Waals surface area contributed by atoms with Gasteiger partial charge in [0, 0.05) is 31.6 Å². The van der Waals surface area contributed by atoms with Gasteiger partial charge in [-0.2, -0.15) is 0 Å². The zero-order valence-corrected chi connectivity index (χ0v) is 23.8. The summed E-state index contributed by atoms with van der Waals surface area (Å²) < 4.78 is 48.2. The second-order valence-corrected chi connectivity index (χ2v) is 13.9. The van der Waals surface area contributed by atoms with Gasteiger partial charge >= 0.3 is 8.80 Å². The van der Waals surface area contributed by atoms with Crippen LogP contribution in [0.25, 0.3) is 0 Å². The molecule has 3 rings (SSSR count). The van der Waals surface area contributed by atoms with Crippen molar-refractivity contribution in [2.24, 2.45) is 0 Å². The van der Waals surface area contributed by atoms with Gasteiger partial charge in [0.05, 0.1) is 21.0 Å². The average molecular weight is 549 g/mol. The van der Waals surface area contributed by atoms with E-state index in [9.17, 15) is 13.0 Å². The topological polar surface area (TPSA) is 84.9 Å². The minimum absolute atomic E-state index is 0.0146. The highest BCUT2D eigenvalue weighted by Gasteiger charge is 2.39. The Morgan fingerprint density at radius 2 is 1.00 bits per heavy atom. The van der Waals surface area contributed by atoms with Gasteiger partial charge in [0.2, 0.25) is 0 Å². The van der Waals surface area contributed by atoms with E-state index in [1.54, 1.807) is 0 Å². The molecule has 0 spiro atoms. The van der Waals surface area contributed by atoms with E-state index >= 15 is 0 Å². The molecule has 3 aromatic rings. The van der Waals surface area contributed by atoms with E-state index < -0.39 is 24.7 Å². The van der Waals surface area contributed by atoms with Crippen LogP contribution in [0.3, 0.4) is 0 Å². The zero-order chi connectivity index (χ0) is 26.3. The highest BCUT2D eigenvalue weighted by Crippen LogP contribution is 2.30. The Labute approximate surface area is 220 Å². The van der Waals surface area contributed by atoms with E-state index in [0.717, 1.165) is 0 Å². The Bertz CT molecular complexity index is 972. The number of hydrogen-bond donors (Lipinski definition) is 0. The van der Waals surface area contributed by atoms with E-state index in [2.05, 4.69) is 91.0 Å². The molecule has 0 aromatic heterocycles. The minimum atomic E-state index is -4.19. The summed E-state index contributed by atoms with van der Waals surface area (Å²) in [6.45, 7) is 6.79. The lowest BCUT2D eigenvalue weighted by molar-refractivity contribution is 0.0712. The summed E-state index contributed by atoms with van der Waals surface area (Å²) >= 11 is 0. The van der Waals surface area contributed by atoms with Crippen LogP contribution in [0.1, 0.15) is 27.2 Å². The van der Waals surface area contributed by atoms with Crippen molar-refractivity contribution in [3.05, 3.63) is 91.0 Å². The standard InChI is InChI=1S/C18H15S.C9H22O6SSi/c1-4-10-16(11-5-1)19(17-12-6-2-7-13-17)18-14-8-3-9-15-18;1-4-13-17(14-5-2,15-6-3)9-7-8-16(10,11)12/h1-15H;4-9H2,1-3H3,(H,10,11,12)/q+1;/p-1. The summed E-state index contributed by atoms with van der Waals surface area (Å²) in [5, 5.41) is 0. The van der Waals surface area contributed by atoms with Gasteiger partial charge in [0.1, 0.15) is 0 Å². The van der Waals surface area contributed by atoms with E-state index in [4.69, 9.17) is 13.3 Å². The Kier molecular flexibility index (Phi) is 13.4. The molecule has 0 bridgehead atoms. The lowest BCUT2D eigenvalue weighted by Gasteiger charge is -2.28. The van der Waals surface area contributed by atoms with Crippen LogP contribution in [-0.4, -0.2) is 47.3 Å². The third-order valence-corrected chi connectivity index (χ3v) is 11.1. The molecule has 0 radical (unpaired) electrons. The van der Waals surface area contributed by atoms with Gasteiger partial charge in [-0.1, -0.05) is 54.6 Å². The maximum Gasteiger partial charge on any atom is 0.500 e. The van der Waals surface area contributed by atoms with Gasteiger partial charge in [-0.25, -0.2) is 8.42 Å². The number of hydrogen-bond acceptors (Lipinski definition) is 6. The maximum atomic E-state index is 10.5. The SMILES string of the molecule is CCO[Si](CCCS(=O)(=O)[O-])(OCC)OCC.c1ccc([S+](c2ccccc2)c2ccccc2)cc1. The Balaban J connectivity index is 0.000000256. The van der Waals surface area contributed by atoms with E-state index in [1.807, 2.05) is 20.8 Å². The first kappa shape index (κ1) is 30.2. The summed E-state index contributed by atoms with van der Waals surface area (Å²) in [6.07, 6.45) is 0.206. The molecule has 6 nitrogen and oxygen atoms in total. The highest BCUT2D eigenvalue weighted by atomic mass is 32.2. The smallest absolute Gasteiger partial charge is 0.500 e. The first-order chi connectivity index (χ1) is 17.3. The zero-order valence-electron chi connectivity index (χ0n) is 21.2. The molecule has 9 heteroatoms. The maximum absolute atomic E-state index is 10.5. The molecule has 0 N–H and O–H groups in total. The second kappa shape index (κ2) is 16.0. The van der Waals surface area contributed by atoms with Crippen LogP contribution in [-0.2, 0) is 34.3 Å². The number of rotatable bonds is 13. The fourth-order valence-electron chi connectivity index (χ4n) is 3.54. The molecular weight excluding hydrogens is 513 g/mol. The van der Waals surface area contributed by atoms with Crippen LogP contribution in [0.4, 0.5) is 0 Å². The van der Waals surface area contributed by atoms with Gasteiger partial charge in [0.15, 0.2) is 14.7 Å². The molecule has 0 aliphatic heterocycles. The van der Waals surface area contributed by atoms with E-state index in [1.165, 1.54) is 14.7 Å². The monoisotopic (exact) mass is 548 g/mol. The highest BCUT2D eigenvalue weighted by molar-refractivity contribution is 7.97. The number of benzene rings is 3. The Hall–Kier alpha value is -1.98. The summed E-state index contributed by atoms with van der Waals surface area (Å²) in [6, 6.07) is 32.5. The molecule has 3 aromatic carbocycles. The molecule has 0 heterocycles. The molecule has 0 aliphatic carbocycles. The third kappa shape index (κ3) is 10.6. The molecule has 0 atom stereocenters. The normalized spacial score (nSPS) is 11.7. The predicted octanol–water partition coefficient (Wildman–Crippen LogP) is 5.75. The predicted molar refractivity (Wildman–Crippen MR) is 146 cm³/mol. The van der Waals surface area contributed by atoms with Crippen molar-refractivity contribution < 1.29 is 26.2 Å². The van der Waals surface area contributed by atoms with Crippen molar-refractivity contribution in [2.75, 3.05) is 25.6 Å². The molecule has 0 amide bonds. The summed E-state index contributed by atoms with van der Waals surface area (Å²) in [5.41, 5.74) is 0.